The lowest BCUT2D eigenvalue weighted by atomic mass is 10.1. The van der Waals surface area contributed by atoms with Gasteiger partial charge in [-0.25, -0.2) is 0 Å². The summed E-state index contributed by atoms with van der Waals surface area (Å²) in [5.41, 5.74) is 1.33. The van der Waals surface area contributed by atoms with Crippen LogP contribution in [0.15, 0.2) is 91.0 Å². The molecule has 6 heteroatoms. The summed E-state index contributed by atoms with van der Waals surface area (Å²) in [5.74, 6) is 1.31. The third kappa shape index (κ3) is 4.43. The number of ether oxygens (including phenoxy) is 2. The second kappa shape index (κ2) is 9.27. The summed E-state index contributed by atoms with van der Waals surface area (Å²) in [5, 5.41) is 5.18. The van der Waals surface area contributed by atoms with Crippen molar-refractivity contribution in [3.63, 3.8) is 0 Å². The molecule has 4 aromatic rings. The Morgan fingerprint density at radius 3 is 2.38 bits per heavy atom. The zero-order valence-electron chi connectivity index (χ0n) is 18.7. The minimum Gasteiger partial charge on any atom is -0.495 e. The number of carbonyl (C=O) groups is 2. The Hall–Kier alpha value is -4.32. The van der Waals surface area contributed by atoms with E-state index in [1.807, 2.05) is 66.7 Å². The van der Waals surface area contributed by atoms with Crippen LogP contribution in [0.1, 0.15) is 6.42 Å². The van der Waals surface area contributed by atoms with E-state index >= 15 is 0 Å². The monoisotopic (exact) mass is 452 g/mol. The fourth-order valence-electron chi connectivity index (χ4n) is 4.19. The average molecular weight is 453 g/mol. The summed E-state index contributed by atoms with van der Waals surface area (Å²) in [6.07, 6.45) is 0.160. The first-order chi connectivity index (χ1) is 16.6. The summed E-state index contributed by atoms with van der Waals surface area (Å²) in [7, 11) is 1.57. The molecule has 0 radical (unpaired) electrons. The number of benzene rings is 4. The predicted octanol–water partition coefficient (Wildman–Crippen LogP) is 5.63. The van der Waals surface area contributed by atoms with Crippen LogP contribution in [0.3, 0.4) is 0 Å². The molecule has 170 valence electrons. The average Bonchev–Trinajstić information content (AvgIpc) is 3.26. The molecular weight excluding hydrogens is 428 g/mol. The quantitative estimate of drug-likeness (QED) is 0.412. The van der Waals surface area contributed by atoms with E-state index in [0.717, 1.165) is 16.5 Å². The normalized spacial score (nSPS) is 15.4. The molecule has 1 aliphatic rings. The van der Waals surface area contributed by atoms with Gasteiger partial charge in [-0.1, -0.05) is 42.5 Å². The lowest BCUT2D eigenvalue weighted by molar-refractivity contribution is -0.122. The number of methoxy groups -OCH3 is 1. The van der Waals surface area contributed by atoms with Crippen LogP contribution in [-0.2, 0) is 9.59 Å². The summed E-state index contributed by atoms with van der Waals surface area (Å²) in [6, 6.07) is 28.6. The number of amides is 2. The van der Waals surface area contributed by atoms with Crippen molar-refractivity contribution in [1.29, 1.82) is 0 Å². The van der Waals surface area contributed by atoms with Gasteiger partial charge in [-0.3, -0.25) is 9.59 Å². The first-order valence-corrected chi connectivity index (χ1v) is 11.1. The van der Waals surface area contributed by atoms with Crippen LogP contribution in [0.25, 0.3) is 10.8 Å². The highest BCUT2D eigenvalue weighted by atomic mass is 16.5. The number of hydrogen-bond acceptors (Lipinski definition) is 4. The molecule has 1 saturated heterocycles. The summed E-state index contributed by atoms with van der Waals surface area (Å²) < 4.78 is 11.3. The molecule has 0 spiro atoms. The van der Waals surface area contributed by atoms with Gasteiger partial charge in [0.25, 0.3) is 0 Å². The van der Waals surface area contributed by atoms with Crippen molar-refractivity contribution in [2.75, 3.05) is 23.9 Å². The Labute approximate surface area is 197 Å². The third-order valence-electron chi connectivity index (χ3n) is 5.95. The molecule has 1 N–H and O–H groups in total. The molecule has 0 bridgehead atoms. The molecule has 4 aromatic carbocycles. The Bertz CT molecular complexity index is 1350. The Morgan fingerprint density at radius 2 is 1.59 bits per heavy atom. The topological polar surface area (TPSA) is 67.9 Å². The van der Waals surface area contributed by atoms with E-state index in [1.165, 1.54) is 0 Å². The van der Waals surface area contributed by atoms with Gasteiger partial charge in [0, 0.05) is 18.7 Å². The van der Waals surface area contributed by atoms with Crippen molar-refractivity contribution < 1.29 is 19.1 Å². The van der Waals surface area contributed by atoms with Crippen LogP contribution in [0, 0.1) is 5.92 Å². The fraction of sp³-hybridized carbons (Fsp3) is 0.143. The SMILES string of the molecule is COc1ccccc1N1C[C@H](C(=O)Nc2ccc(Oc3ccc4ccccc4c3)cc2)CC1=O. The molecule has 1 fully saturated rings. The van der Waals surface area contributed by atoms with Gasteiger partial charge in [0.1, 0.15) is 17.2 Å². The zero-order valence-corrected chi connectivity index (χ0v) is 18.7. The van der Waals surface area contributed by atoms with Gasteiger partial charge in [-0.05, 0) is 59.3 Å². The van der Waals surface area contributed by atoms with E-state index in [1.54, 1.807) is 30.2 Å². The molecule has 0 unspecified atom stereocenters. The smallest absolute Gasteiger partial charge is 0.229 e. The van der Waals surface area contributed by atoms with Gasteiger partial charge in [0.15, 0.2) is 0 Å². The molecule has 0 aromatic heterocycles. The summed E-state index contributed by atoms with van der Waals surface area (Å²) >= 11 is 0. The van der Waals surface area contributed by atoms with Gasteiger partial charge in [0.2, 0.25) is 11.8 Å². The molecule has 2 amide bonds. The highest BCUT2D eigenvalue weighted by Gasteiger charge is 2.36. The van der Waals surface area contributed by atoms with Crippen molar-refractivity contribution in [3.05, 3.63) is 91.0 Å². The van der Waals surface area contributed by atoms with Gasteiger partial charge in [-0.15, -0.1) is 0 Å². The van der Waals surface area contributed by atoms with Crippen molar-refractivity contribution in [2.45, 2.75) is 6.42 Å². The van der Waals surface area contributed by atoms with Gasteiger partial charge in [0.05, 0.1) is 18.7 Å². The second-order valence-corrected chi connectivity index (χ2v) is 8.20. The van der Waals surface area contributed by atoms with Crippen molar-refractivity contribution >= 4 is 34.0 Å². The minimum absolute atomic E-state index is 0.0937. The van der Waals surface area contributed by atoms with Crippen molar-refractivity contribution in [2.24, 2.45) is 5.92 Å². The van der Waals surface area contributed by atoms with Crippen LogP contribution >= 0.6 is 0 Å². The largest absolute Gasteiger partial charge is 0.495 e. The fourth-order valence-corrected chi connectivity index (χ4v) is 4.19. The first-order valence-electron chi connectivity index (χ1n) is 11.1. The number of anilines is 2. The van der Waals surface area contributed by atoms with Crippen LogP contribution in [-0.4, -0.2) is 25.5 Å². The van der Waals surface area contributed by atoms with Crippen LogP contribution in [0.2, 0.25) is 0 Å². The molecule has 6 nitrogen and oxygen atoms in total. The number of para-hydroxylation sites is 2. The van der Waals surface area contributed by atoms with Crippen LogP contribution in [0.5, 0.6) is 17.2 Å². The number of hydrogen-bond donors (Lipinski definition) is 1. The maximum absolute atomic E-state index is 12.8. The van der Waals surface area contributed by atoms with E-state index in [4.69, 9.17) is 9.47 Å². The zero-order chi connectivity index (χ0) is 23.5. The molecule has 1 aliphatic heterocycles. The van der Waals surface area contributed by atoms with E-state index in [2.05, 4.69) is 11.4 Å². The standard InChI is InChI=1S/C28H24N2O4/c1-33-26-9-5-4-8-25(26)30-18-21(17-27(30)31)28(32)29-22-11-14-23(15-12-22)34-24-13-10-19-6-2-3-7-20(19)16-24/h2-16,21H,17-18H2,1H3,(H,29,32)/t21-/m1/s1. The number of nitrogens with zero attached hydrogens (tertiary/aromatic N) is 1. The second-order valence-electron chi connectivity index (χ2n) is 8.20. The van der Waals surface area contributed by atoms with E-state index < -0.39 is 5.92 Å². The predicted molar refractivity (Wildman–Crippen MR) is 133 cm³/mol. The van der Waals surface area contributed by atoms with Crippen molar-refractivity contribution in [1.82, 2.24) is 0 Å². The highest BCUT2D eigenvalue weighted by Crippen LogP contribution is 2.33. The molecule has 5 rings (SSSR count). The number of carbonyl (C=O) groups excluding carboxylic acids is 2. The minimum atomic E-state index is -0.439. The summed E-state index contributed by atoms with van der Waals surface area (Å²) in [6.45, 7) is 0.314. The third-order valence-corrected chi connectivity index (χ3v) is 5.95. The molecule has 1 atom stereocenters. The lowest BCUT2D eigenvalue weighted by Gasteiger charge is -2.19. The van der Waals surface area contributed by atoms with E-state index in [-0.39, 0.29) is 18.2 Å². The molecule has 0 aliphatic carbocycles. The lowest BCUT2D eigenvalue weighted by Crippen LogP contribution is -2.28. The molecular formula is C28H24N2O4. The maximum Gasteiger partial charge on any atom is 0.229 e. The maximum atomic E-state index is 12.8. The molecule has 1 heterocycles. The van der Waals surface area contributed by atoms with Crippen LogP contribution in [0.4, 0.5) is 11.4 Å². The van der Waals surface area contributed by atoms with Gasteiger partial charge >= 0.3 is 0 Å². The van der Waals surface area contributed by atoms with E-state index in [9.17, 15) is 9.59 Å². The van der Waals surface area contributed by atoms with Gasteiger partial charge in [-0.2, -0.15) is 0 Å². The Kier molecular flexibility index (Phi) is 5.87. The Balaban J connectivity index is 1.22. The summed E-state index contributed by atoms with van der Waals surface area (Å²) in [4.78, 5) is 27.0. The number of nitrogens with one attached hydrogen (secondary N) is 1. The highest BCUT2D eigenvalue weighted by molar-refractivity contribution is 6.04. The van der Waals surface area contributed by atoms with E-state index in [0.29, 0.717) is 29.4 Å². The van der Waals surface area contributed by atoms with Crippen LogP contribution < -0.4 is 19.7 Å². The molecule has 34 heavy (non-hydrogen) atoms. The van der Waals surface area contributed by atoms with Gasteiger partial charge < -0.3 is 19.7 Å². The number of rotatable bonds is 6. The first kappa shape index (κ1) is 21.5. The van der Waals surface area contributed by atoms with Crippen molar-refractivity contribution in [3.8, 4) is 17.2 Å². The Morgan fingerprint density at radius 1 is 0.882 bits per heavy atom. The number of fused-ring (bicyclic) bond motifs is 1. The molecule has 0 saturated carbocycles.